The normalized spacial score (nSPS) is 11.3. The van der Waals surface area contributed by atoms with Crippen LogP contribution in [-0.2, 0) is 4.79 Å². The molecule has 56 valence electrons. The molecule has 0 bridgehead atoms. The van der Waals surface area contributed by atoms with E-state index >= 15 is 0 Å². The molecule has 0 atom stereocenters. The summed E-state index contributed by atoms with van der Waals surface area (Å²) >= 11 is 0. The van der Waals surface area contributed by atoms with Crippen LogP contribution in [0.3, 0.4) is 0 Å². The standard InChI is InChI=1S/C9H14O/c1-5-6-8(4)9(10)7(2)3/h6H,2,5H2,1,3-4H3. The van der Waals surface area contributed by atoms with Crippen LogP contribution in [0.2, 0.25) is 0 Å². The van der Waals surface area contributed by atoms with Crippen LogP contribution < -0.4 is 0 Å². The van der Waals surface area contributed by atoms with Gasteiger partial charge < -0.3 is 0 Å². The van der Waals surface area contributed by atoms with Crippen molar-refractivity contribution in [3.63, 3.8) is 0 Å². The number of carbonyl (C=O) groups is 1. The van der Waals surface area contributed by atoms with Crippen molar-refractivity contribution in [2.45, 2.75) is 27.2 Å². The molecule has 1 nitrogen and oxygen atoms in total. The van der Waals surface area contributed by atoms with Gasteiger partial charge in [-0.25, -0.2) is 0 Å². The number of ketones is 1. The van der Waals surface area contributed by atoms with Crippen LogP contribution in [0.4, 0.5) is 0 Å². The number of hydrogen-bond acceptors (Lipinski definition) is 1. The fraction of sp³-hybridized carbons (Fsp3) is 0.444. The lowest BCUT2D eigenvalue weighted by Gasteiger charge is -1.96. The first-order valence-electron chi connectivity index (χ1n) is 3.46. The van der Waals surface area contributed by atoms with E-state index in [1.54, 1.807) is 6.92 Å². The van der Waals surface area contributed by atoms with Gasteiger partial charge in [-0.15, -0.1) is 0 Å². The molecule has 1 heteroatoms. The minimum Gasteiger partial charge on any atom is -0.289 e. The summed E-state index contributed by atoms with van der Waals surface area (Å²) in [4.78, 5) is 11.1. The molecule has 0 heterocycles. The molecule has 0 fully saturated rings. The van der Waals surface area contributed by atoms with Crippen molar-refractivity contribution in [3.05, 3.63) is 23.8 Å². The Bertz CT molecular complexity index is 175. The van der Waals surface area contributed by atoms with Gasteiger partial charge in [0.2, 0.25) is 0 Å². The van der Waals surface area contributed by atoms with Crippen molar-refractivity contribution in [3.8, 4) is 0 Å². The van der Waals surface area contributed by atoms with Gasteiger partial charge in [-0.1, -0.05) is 19.6 Å². The first-order chi connectivity index (χ1) is 4.59. The fourth-order valence-electron chi connectivity index (χ4n) is 0.735. The fourth-order valence-corrected chi connectivity index (χ4v) is 0.735. The molecule has 0 aliphatic carbocycles. The lowest BCUT2D eigenvalue weighted by molar-refractivity contribution is -0.112. The van der Waals surface area contributed by atoms with Crippen molar-refractivity contribution in [1.29, 1.82) is 0 Å². The molecule has 0 aliphatic heterocycles. The van der Waals surface area contributed by atoms with Crippen molar-refractivity contribution in [1.82, 2.24) is 0 Å². The molecule has 0 spiro atoms. The van der Waals surface area contributed by atoms with Gasteiger partial charge in [0.1, 0.15) is 0 Å². The van der Waals surface area contributed by atoms with E-state index in [2.05, 4.69) is 6.58 Å². The summed E-state index contributed by atoms with van der Waals surface area (Å²) in [6.07, 6.45) is 2.82. The topological polar surface area (TPSA) is 17.1 Å². The highest BCUT2D eigenvalue weighted by atomic mass is 16.1. The Hall–Kier alpha value is -0.850. The molecule has 0 saturated carbocycles. The van der Waals surface area contributed by atoms with Crippen LogP contribution in [-0.4, -0.2) is 5.78 Å². The molecule has 0 saturated heterocycles. The molecule has 0 aromatic heterocycles. The third-order valence-electron chi connectivity index (χ3n) is 1.26. The van der Waals surface area contributed by atoms with E-state index in [1.165, 1.54) is 0 Å². The third kappa shape index (κ3) is 2.62. The average molecular weight is 138 g/mol. The first-order valence-corrected chi connectivity index (χ1v) is 3.46. The minimum absolute atomic E-state index is 0.0712. The van der Waals surface area contributed by atoms with E-state index in [1.807, 2.05) is 19.9 Å². The second kappa shape index (κ2) is 4.04. The molecular weight excluding hydrogens is 124 g/mol. The van der Waals surface area contributed by atoms with E-state index in [4.69, 9.17) is 0 Å². The lowest BCUT2D eigenvalue weighted by Crippen LogP contribution is -1.99. The zero-order chi connectivity index (χ0) is 8.15. The maximum Gasteiger partial charge on any atom is 0.183 e. The second-order valence-corrected chi connectivity index (χ2v) is 2.40. The smallest absolute Gasteiger partial charge is 0.183 e. The van der Waals surface area contributed by atoms with Gasteiger partial charge in [0.15, 0.2) is 5.78 Å². The monoisotopic (exact) mass is 138 g/mol. The van der Waals surface area contributed by atoms with E-state index in [-0.39, 0.29) is 5.78 Å². The quantitative estimate of drug-likeness (QED) is 0.547. The van der Waals surface area contributed by atoms with Crippen molar-refractivity contribution >= 4 is 5.78 Å². The maximum atomic E-state index is 11.1. The summed E-state index contributed by atoms with van der Waals surface area (Å²) in [7, 11) is 0. The Morgan fingerprint density at radius 3 is 2.30 bits per heavy atom. The average Bonchev–Trinajstić information content (AvgIpc) is 1.87. The van der Waals surface area contributed by atoms with Gasteiger partial charge in [0.05, 0.1) is 0 Å². The highest BCUT2D eigenvalue weighted by Gasteiger charge is 2.02. The van der Waals surface area contributed by atoms with Crippen LogP contribution in [0.15, 0.2) is 23.8 Å². The van der Waals surface area contributed by atoms with Crippen molar-refractivity contribution in [2.24, 2.45) is 0 Å². The third-order valence-corrected chi connectivity index (χ3v) is 1.26. The second-order valence-electron chi connectivity index (χ2n) is 2.40. The van der Waals surface area contributed by atoms with E-state index in [9.17, 15) is 4.79 Å². The highest BCUT2D eigenvalue weighted by molar-refractivity contribution is 6.06. The van der Waals surface area contributed by atoms with E-state index in [0.717, 1.165) is 12.0 Å². The predicted molar refractivity (Wildman–Crippen MR) is 43.9 cm³/mol. The first kappa shape index (κ1) is 9.15. The summed E-state index contributed by atoms with van der Waals surface area (Å²) in [6.45, 7) is 9.13. The van der Waals surface area contributed by atoms with Gasteiger partial charge in [0.25, 0.3) is 0 Å². The molecule has 0 radical (unpaired) electrons. The van der Waals surface area contributed by atoms with Crippen molar-refractivity contribution in [2.75, 3.05) is 0 Å². The Morgan fingerprint density at radius 2 is 2.00 bits per heavy atom. The number of hydrogen-bond donors (Lipinski definition) is 0. The molecule has 0 N–H and O–H groups in total. The predicted octanol–water partition coefficient (Wildman–Crippen LogP) is 2.49. The van der Waals surface area contributed by atoms with Crippen LogP contribution >= 0.6 is 0 Å². The van der Waals surface area contributed by atoms with Crippen molar-refractivity contribution < 1.29 is 4.79 Å². The van der Waals surface area contributed by atoms with Gasteiger partial charge in [0, 0.05) is 0 Å². The molecule has 0 amide bonds. The van der Waals surface area contributed by atoms with Crippen LogP contribution in [0, 0.1) is 0 Å². The molecule has 0 aromatic rings. The Balaban J connectivity index is 4.22. The number of carbonyl (C=O) groups excluding carboxylic acids is 1. The van der Waals surface area contributed by atoms with Gasteiger partial charge >= 0.3 is 0 Å². The summed E-state index contributed by atoms with van der Waals surface area (Å²) < 4.78 is 0. The highest BCUT2D eigenvalue weighted by Crippen LogP contribution is 2.03. The molecule has 0 rings (SSSR count). The summed E-state index contributed by atoms with van der Waals surface area (Å²) in [5.74, 6) is 0.0712. The molecule has 0 aromatic carbocycles. The summed E-state index contributed by atoms with van der Waals surface area (Å²) in [5, 5.41) is 0. The van der Waals surface area contributed by atoms with E-state index < -0.39 is 0 Å². The van der Waals surface area contributed by atoms with Crippen LogP contribution in [0.25, 0.3) is 0 Å². The maximum absolute atomic E-state index is 11.1. The number of rotatable bonds is 3. The summed E-state index contributed by atoms with van der Waals surface area (Å²) in [5.41, 5.74) is 1.41. The van der Waals surface area contributed by atoms with Gasteiger partial charge in [-0.2, -0.15) is 0 Å². The zero-order valence-corrected chi connectivity index (χ0v) is 6.90. The van der Waals surface area contributed by atoms with Crippen LogP contribution in [0.5, 0.6) is 0 Å². The molecule has 10 heavy (non-hydrogen) atoms. The van der Waals surface area contributed by atoms with E-state index in [0.29, 0.717) is 5.57 Å². The largest absolute Gasteiger partial charge is 0.289 e. The summed E-state index contributed by atoms with van der Waals surface area (Å²) in [6, 6.07) is 0. The molecule has 0 aliphatic rings. The lowest BCUT2D eigenvalue weighted by atomic mass is 10.1. The number of allylic oxidation sites excluding steroid dienone is 3. The van der Waals surface area contributed by atoms with Crippen LogP contribution in [0.1, 0.15) is 27.2 Å². The van der Waals surface area contributed by atoms with Gasteiger partial charge in [-0.3, -0.25) is 4.79 Å². The van der Waals surface area contributed by atoms with Gasteiger partial charge in [-0.05, 0) is 31.4 Å². The SMILES string of the molecule is C=C(C)C(=O)C(C)=CCC. The Morgan fingerprint density at radius 1 is 1.50 bits per heavy atom. The Labute approximate surface area is 62.4 Å². The molecule has 0 unspecified atom stereocenters. The molecular formula is C9H14O. The zero-order valence-electron chi connectivity index (χ0n) is 6.90. The minimum atomic E-state index is 0.0712. The Kier molecular flexibility index (Phi) is 3.70. The number of Topliss-reactive ketones (excluding diaryl/α,β-unsaturated/α-hetero) is 1.